The third kappa shape index (κ3) is 3.38. The maximum Gasteiger partial charge on any atom is 0.252 e. The molecule has 4 N–H and O–H groups in total. The van der Waals surface area contributed by atoms with Gasteiger partial charge >= 0.3 is 0 Å². The summed E-state index contributed by atoms with van der Waals surface area (Å²) in [5.41, 5.74) is 11.6. The number of benzene rings is 1. The first-order valence-corrected chi connectivity index (χ1v) is 6.33. The average Bonchev–Trinajstić information content (AvgIpc) is 2.43. The third-order valence-electron chi connectivity index (χ3n) is 2.52. The summed E-state index contributed by atoms with van der Waals surface area (Å²) < 4.78 is 11.0. The van der Waals surface area contributed by atoms with Gasteiger partial charge in [-0.3, -0.25) is 4.79 Å². The first kappa shape index (κ1) is 14.6. The van der Waals surface area contributed by atoms with Crippen LogP contribution in [0.3, 0.4) is 0 Å². The number of hydrogen-bond acceptors (Lipinski definition) is 6. The Bertz CT molecular complexity index is 658. The predicted molar refractivity (Wildman–Crippen MR) is 77.2 cm³/mol. The van der Waals surface area contributed by atoms with E-state index in [9.17, 15) is 4.79 Å². The average molecular weight is 288 g/mol. The van der Waals surface area contributed by atoms with E-state index in [1.807, 2.05) is 13.8 Å². The summed E-state index contributed by atoms with van der Waals surface area (Å²) in [6, 6.07) is 6.56. The third-order valence-corrected chi connectivity index (χ3v) is 2.52. The number of para-hydroxylation sites is 1. The number of nitrogen functional groups attached to an aromatic ring is 1. The fraction of sp³-hybridized carbons (Fsp3) is 0.214. The van der Waals surface area contributed by atoms with Crippen molar-refractivity contribution in [3.8, 4) is 17.5 Å². The van der Waals surface area contributed by atoms with E-state index in [1.54, 1.807) is 24.3 Å². The van der Waals surface area contributed by atoms with Crippen LogP contribution in [0.1, 0.15) is 24.2 Å². The molecule has 2 aromatic rings. The van der Waals surface area contributed by atoms with Crippen molar-refractivity contribution in [2.75, 3.05) is 5.73 Å². The lowest BCUT2D eigenvalue weighted by Crippen LogP contribution is -2.13. The molecule has 7 heteroatoms. The summed E-state index contributed by atoms with van der Waals surface area (Å²) in [6.07, 6.45) is 1.18. The molecule has 110 valence electrons. The van der Waals surface area contributed by atoms with E-state index in [0.717, 1.165) is 0 Å². The number of carbonyl (C=O) groups excluding carboxylic acids is 1. The van der Waals surface area contributed by atoms with Crippen LogP contribution in [0.25, 0.3) is 0 Å². The molecule has 0 bridgehead atoms. The highest BCUT2D eigenvalue weighted by molar-refractivity contribution is 5.95. The molecule has 0 atom stereocenters. The number of amides is 1. The zero-order valence-corrected chi connectivity index (χ0v) is 11.7. The molecule has 0 unspecified atom stereocenters. The van der Waals surface area contributed by atoms with Gasteiger partial charge in [0, 0.05) is 0 Å². The van der Waals surface area contributed by atoms with E-state index >= 15 is 0 Å². The Balaban J connectivity index is 2.34. The molecule has 0 radical (unpaired) electrons. The molecule has 1 heterocycles. The number of anilines is 1. The van der Waals surface area contributed by atoms with Crippen molar-refractivity contribution in [3.05, 3.63) is 36.2 Å². The maximum absolute atomic E-state index is 11.4. The number of aromatic nitrogens is 2. The van der Waals surface area contributed by atoms with E-state index in [-0.39, 0.29) is 34.9 Å². The van der Waals surface area contributed by atoms with Gasteiger partial charge in [-0.1, -0.05) is 12.1 Å². The van der Waals surface area contributed by atoms with Gasteiger partial charge in [0.05, 0.1) is 11.7 Å². The van der Waals surface area contributed by atoms with Gasteiger partial charge in [0.1, 0.15) is 12.1 Å². The SMILES string of the molecule is CC(C)Oc1ncnc(Oc2ccccc2C(N)=O)c1N. The molecular weight excluding hydrogens is 272 g/mol. The number of nitrogens with zero attached hydrogens (tertiary/aromatic N) is 2. The van der Waals surface area contributed by atoms with Crippen LogP contribution in [-0.4, -0.2) is 22.0 Å². The molecule has 1 aromatic carbocycles. The van der Waals surface area contributed by atoms with Crippen molar-refractivity contribution in [3.63, 3.8) is 0 Å². The molecule has 0 aliphatic carbocycles. The van der Waals surface area contributed by atoms with Crippen molar-refractivity contribution in [1.82, 2.24) is 9.97 Å². The zero-order chi connectivity index (χ0) is 15.4. The molecule has 0 saturated carbocycles. The van der Waals surface area contributed by atoms with Gasteiger partial charge in [-0.15, -0.1) is 0 Å². The number of nitrogens with two attached hydrogens (primary N) is 2. The van der Waals surface area contributed by atoms with Crippen LogP contribution in [0.5, 0.6) is 17.5 Å². The molecule has 0 aliphatic heterocycles. The molecule has 0 spiro atoms. The Hall–Kier alpha value is -2.83. The molecule has 1 amide bonds. The molecule has 0 fully saturated rings. The molecule has 2 rings (SSSR count). The highest BCUT2D eigenvalue weighted by atomic mass is 16.5. The summed E-state index contributed by atoms with van der Waals surface area (Å²) in [5.74, 6) is 0.00341. The molecular formula is C14H16N4O3. The highest BCUT2D eigenvalue weighted by Gasteiger charge is 2.15. The Morgan fingerprint density at radius 2 is 1.86 bits per heavy atom. The highest BCUT2D eigenvalue weighted by Crippen LogP contribution is 2.32. The lowest BCUT2D eigenvalue weighted by atomic mass is 10.2. The standard InChI is InChI=1S/C14H16N4O3/c1-8(2)20-13-11(15)14(18-7-17-13)21-10-6-4-3-5-9(10)12(16)19/h3-8H,15H2,1-2H3,(H2,16,19). The van der Waals surface area contributed by atoms with Crippen LogP contribution in [0, 0.1) is 0 Å². The summed E-state index contributed by atoms with van der Waals surface area (Å²) >= 11 is 0. The maximum atomic E-state index is 11.4. The Morgan fingerprint density at radius 3 is 2.52 bits per heavy atom. The summed E-state index contributed by atoms with van der Waals surface area (Å²) in [5, 5.41) is 0. The molecule has 21 heavy (non-hydrogen) atoms. The van der Waals surface area contributed by atoms with Gasteiger partial charge in [-0.25, -0.2) is 0 Å². The number of carbonyl (C=O) groups is 1. The molecule has 1 aromatic heterocycles. The van der Waals surface area contributed by atoms with Crippen molar-refractivity contribution < 1.29 is 14.3 Å². The van der Waals surface area contributed by atoms with Crippen molar-refractivity contribution in [1.29, 1.82) is 0 Å². The Kier molecular flexibility index (Phi) is 4.22. The van der Waals surface area contributed by atoms with E-state index in [4.69, 9.17) is 20.9 Å². The topological polar surface area (TPSA) is 113 Å². The van der Waals surface area contributed by atoms with Crippen LogP contribution in [-0.2, 0) is 0 Å². The number of hydrogen-bond donors (Lipinski definition) is 2. The number of rotatable bonds is 5. The van der Waals surface area contributed by atoms with Gasteiger partial charge in [-0.05, 0) is 26.0 Å². The van der Waals surface area contributed by atoms with Crippen LogP contribution >= 0.6 is 0 Å². The first-order chi connectivity index (χ1) is 9.99. The number of ether oxygens (including phenoxy) is 2. The van der Waals surface area contributed by atoms with Crippen LogP contribution in [0.2, 0.25) is 0 Å². The number of primary amides is 1. The minimum Gasteiger partial charge on any atom is -0.473 e. The Morgan fingerprint density at radius 1 is 1.19 bits per heavy atom. The minimum atomic E-state index is -0.600. The molecule has 7 nitrogen and oxygen atoms in total. The fourth-order valence-corrected chi connectivity index (χ4v) is 1.63. The van der Waals surface area contributed by atoms with E-state index < -0.39 is 5.91 Å². The normalized spacial score (nSPS) is 10.4. The monoisotopic (exact) mass is 288 g/mol. The van der Waals surface area contributed by atoms with Crippen molar-refractivity contribution in [2.24, 2.45) is 5.73 Å². The van der Waals surface area contributed by atoms with Crippen LogP contribution in [0.15, 0.2) is 30.6 Å². The van der Waals surface area contributed by atoms with Crippen molar-refractivity contribution in [2.45, 2.75) is 20.0 Å². The summed E-state index contributed by atoms with van der Waals surface area (Å²) in [4.78, 5) is 19.3. The minimum absolute atomic E-state index is 0.0899. The van der Waals surface area contributed by atoms with Crippen LogP contribution in [0.4, 0.5) is 5.69 Å². The zero-order valence-electron chi connectivity index (χ0n) is 11.7. The largest absolute Gasteiger partial charge is 0.473 e. The van der Waals surface area contributed by atoms with Gasteiger partial charge in [0.15, 0.2) is 5.69 Å². The van der Waals surface area contributed by atoms with E-state index in [0.29, 0.717) is 0 Å². The predicted octanol–water partition coefficient (Wildman–Crippen LogP) is 1.74. The summed E-state index contributed by atoms with van der Waals surface area (Å²) in [6.45, 7) is 3.70. The second-order valence-electron chi connectivity index (χ2n) is 4.53. The van der Waals surface area contributed by atoms with Gasteiger partial charge in [0.2, 0.25) is 11.8 Å². The molecule has 0 saturated heterocycles. The molecule has 0 aliphatic rings. The lowest BCUT2D eigenvalue weighted by Gasteiger charge is -2.13. The van der Waals surface area contributed by atoms with Gasteiger partial charge in [0.25, 0.3) is 5.91 Å². The summed E-state index contributed by atoms with van der Waals surface area (Å²) in [7, 11) is 0. The van der Waals surface area contributed by atoms with Crippen LogP contribution < -0.4 is 20.9 Å². The van der Waals surface area contributed by atoms with Gasteiger partial charge < -0.3 is 20.9 Å². The smallest absolute Gasteiger partial charge is 0.252 e. The van der Waals surface area contributed by atoms with Gasteiger partial charge in [-0.2, -0.15) is 9.97 Å². The first-order valence-electron chi connectivity index (χ1n) is 6.33. The quantitative estimate of drug-likeness (QED) is 0.866. The van der Waals surface area contributed by atoms with E-state index in [2.05, 4.69) is 9.97 Å². The second-order valence-corrected chi connectivity index (χ2v) is 4.53. The van der Waals surface area contributed by atoms with E-state index in [1.165, 1.54) is 6.33 Å². The lowest BCUT2D eigenvalue weighted by molar-refractivity contribution is 0.0998. The van der Waals surface area contributed by atoms with Crippen molar-refractivity contribution >= 4 is 11.6 Å². The fourth-order valence-electron chi connectivity index (χ4n) is 1.63. The second kappa shape index (κ2) is 6.08. The Labute approximate surface area is 121 Å².